The van der Waals surface area contributed by atoms with Gasteiger partial charge in [0.2, 0.25) is 0 Å². The number of allylic oxidation sites excluding steroid dienone is 1. The van der Waals surface area contributed by atoms with E-state index in [-0.39, 0.29) is 12.2 Å². The summed E-state index contributed by atoms with van der Waals surface area (Å²) < 4.78 is 10.5. The number of nitriles is 1. The molecule has 0 bridgehead atoms. The smallest absolute Gasteiger partial charge is 0.410 e. The first-order valence-corrected chi connectivity index (χ1v) is 10.4. The van der Waals surface area contributed by atoms with Crippen molar-refractivity contribution in [1.29, 1.82) is 5.26 Å². The highest BCUT2D eigenvalue weighted by Gasteiger charge is 2.29. The highest BCUT2D eigenvalue weighted by Crippen LogP contribution is 2.37. The second-order valence-electron chi connectivity index (χ2n) is 7.20. The number of hydrogen-bond donors (Lipinski definition) is 0. The summed E-state index contributed by atoms with van der Waals surface area (Å²) in [5.74, 6) is 0. The predicted molar refractivity (Wildman–Crippen MR) is 108 cm³/mol. The Hall–Kier alpha value is -2.96. The van der Waals surface area contributed by atoms with Gasteiger partial charge in [-0.15, -0.1) is 11.3 Å². The second-order valence-corrected chi connectivity index (χ2v) is 8.06. The molecule has 0 aromatic carbocycles. The van der Waals surface area contributed by atoms with Crippen LogP contribution >= 0.6 is 11.3 Å². The quantitative estimate of drug-likeness (QED) is 0.767. The molecule has 2 aromatic heterocycles. The Morgan fingerprint density at radius 2 is 2.14 bits per heavy atom. The average molecular weight is 409 g/mol. The van der Waals surface area contributed by atoms with Crippen molar-refractivity contribution in [2.24, 2.45) is 0 Å². The average Bonchev–Trinajstić information content (AvgIpc) is 3.37. The minimum atomic E-state index is -0.253. The molecule has 8 nitrogen and oxygen atoms in total. The van der Waals surface area contributed by atoms with E-state index in [1.807, 2.05) is 12.3 Å². The Morgan fingerprint density at radius 1 is 1.31 bits per heavy atom. The van der Waals surface area contributed by atoms with Gasteiger partial charge in [0.15, 0.2) is 11.8 Å². The van der Waals surface area contributed by atoms with Gasteiger partial charge in [-0.2, -0.15) is 5.26 Å². The van der Waals surface area contributed by atoms with Gasteiger partial charge in [0.1, 0.15) is 11.1 Å². The van der Waals surface area contributed by atoms with Crippen LogP contribution in [0.5, 0.6) is 0 Å². The van der Waals surface area contributed by atoms with Crippen LogP contribution in [-0.4, -0.2) is 66.5 Å². The number of hydrogen-bond acceptors (Lipinski definition) is 8. The highest BCUT2D eigenvalue weighted by atomic mass is 32.1. The number of fused-ring (bicyclic) bond motifs is 1. The lowest BCUT2D eigenvalue weighted by Crippen LogP contribution is -2.51. The first kappa shape index (κ1) is 18.1. The molecule has 148 valence electrons. The number of thiazole rings is 1. The normalized spacial score (nSPS) is 18.7. The Kier molecular flexibility index (Phi) is 4.66. The molecule has 3 aliphatic rings. The summed E-state index contributed by atoms with van der Waals surface area (Å²) in [6.07, 6.45) is 4.34. The minimum Gasteiger partial charge on any atom is -0.441 e. The summed E-state index contributed by atoms with van der Waals surface area (Å²) >= 11 is 1.49. The molecule has 9 heteroatoms. The Labute approximate surface area is 172 Å². The first-order chi connectivity index (χ1) is 14.2. The Bertz CT molecular complexity index is 1020. The van der Waals surface area contributed by atoms with Gasteiger partial charge in [-0.05, 0) is 17.7 Å². The van der Waals surface area contributed by atoms with Gasteiger partial charge in [0.25, 0.3) is 0 Å². The van der Waals surface area contributed by atoms with Crippen molar-refractivity contribution < 1.29 is 14.3 Å². The number of aromatic nitrogens is 2. The number of nitrogens with zero attached hydrogens (tertiary/aromatic N) is 5. The van der Waals surface area contributed by atoms with Crippen LogP contribution in [0, 0.1) is 11.3 Å². The van der Waals surface area contributed by atoms with E-state index in [2.05, 4.69) is 27.0 Å². The second kappa shape index (κ2) is 7.46. The molecule has 0 radical (unpaired) electrons. The number of rotatable bonds is 3. The van der Waals surface area contributed by atoms with Crippen LogP contribution < -0.4 is 4.90 Å². The molecule has 2 aromatic rings. The van der Waals surface area contributed by atoms with E-state index in [0.717, 1.165) is 47.0 Å². The van der Waals surface area contributed by atoms with Crippen LogP contribution in [0.2, 0.25) is 0 Å². The molecule has 2 saturated heterocycles. The van der Waals surface area contributed by atoms with Crippen LogP contribution in [-0.2, 0) is 15.9 Å². The molecule has 0 atom stereocenters. The van der Waals surface area contributed by atoms with Crippen LogP contribution in [0.25, 0.3) is 11.6 Å². The van der Waals surface area contributed by atoms with Gasteiger partial charge in [-0.25, -0.2) is 9.78 Å². The van der Waals surface area contributed by atoms with E-state index < -0.39 is 0 Å². The third kappa shape index (κ3) is 3.45. The highest BCUT2D eigenvalue weighted by molar-refractivity contribution is 7.10. The maximum Gasteiger partial charge on any atom is 0.410 e. The lowest BCUT2D eigenvalue weighted by Gasteiger charge is -2.37. The van der Waals surface area contributed by atoms with Crippen molar-refractivity contribution in [3.05, 3.63) is 39.6 Å². The topological polar surface area (TPSA) is 91.6 Å². The summed E-state index contributed by atoms with van der Waals surface area (Å²) in [5, 5.41) is 11.7. The number of piperazine rings is 1. The molecule has 0 saturated carbocycles. The van der Waals surface area contributed by atoms with Crippen LogP contribution in [0.1, 0.15) is 22.0 Å². The van der Waals surface area contributed by atoms with Gasteiger partial charge in [-0.3, -0.25) is 4.98 Å². The molecule has 0 unspecified atom stereocenters. The largest absolute Gasteiger partial charge is 0.441 e. The number of ether oxygens (including phenoxy) is 2. The molecule has 29 heavy (non-hydrogen) atoms. The molecule has 1 amide bonds. The third-order valence-corrected chi connectivity index (χ3v) is 6.29. The van der Waals surface area contributed by atoms with Crippen molar-refractivity contribution >= 4 is 34.8 Å². The lowest BCUT2D eigenvalue weighted by molar-refractivity contribution is -0.104. The fourth-order valence-electron chi connectivity index (χ4n) is 3.72. The first-order valence-electron chi connectivity index (χ1n) is 9.54. The molecule has 4 heterocycles. The van der Waals surface area contributed by atoms with E-state index in [1.54, 1.807) is 10.3 Å². The summed E-state index contributed by atoms with van der Waals surface area (Å²) in [6.45, 7) is 3.73. The number of carbonyl (C=O) groups excluding carboxylic acids is 1. The lowest BCUT2D eigenvalue weighted by atomic mass is 10.1. The molecule has 0 N–H and O–H groups in total. The van der Waals surface area contributed by atoms with Crippen molar-refractivity contribution in [2.75, 3.05) is 44.3 Å². The van der Waals surface area contributed by atoms with E-state index in [4.69, 9.17) is 14.7 Å². The van der Waals surface area contributed by atoms with E-state index >= 15 is 0 Å². The number of anilines is 1. The standard InChI is InChI=1S/C20H19N5O3S/c21-9-14-12-29-19(23-14)13-7-16-17(8-13)22-2-1-18(16)24-3-5-25(6-4-24)20(26)28-15-10-27-11-15/h1-2,7,12,15H,3-6,8,10-11H2. The van der Waals surface area contributed by atoms with Crippen LogP contribution in [0.15, 0.2) is 17.6 Å². The van der Waals surface area contributed by atoms with Gasteiger partial charge in [0, 0.05) is 55.4 Å². The van der Waals surface area contributed by atoms with Crippen molar-refractivity contribution in [3.63, 3.8) is 0 Å². The predicted octanol–water partition coefficient (Wildman–Crippen LogP) is 2.16. The molecule has 2 aliphatic heterocycles. The van der Waals surface area contributed by atoms with E-state index in [1.165, 1.54) is 11.3 Å². The van der Waals surface area contributed by atoms with Gasteiger partial charge < -0.3 is 19.3 Å². The van der Waals surface area contributed by atoms with Gasteiger partial charge in [0.05, 0.1) is 18.9 Å². The summed E-state index contributed by atoms with van der Waals surface area (Å²) in [6, 6.07) is 4.11. The van der Waals surface area contributed by atoms with Crippen molar-refractivity contribution in [1.82, 2.24) is 14.9 Å². The number of pyridine rings is 1. The van der Waals surface area contributed by atoms with E-state index in [9.17, 15) is 4.79 Å². The van der Waals surface area contributed by atoms with Crippen LogP contribution in [0.3, 0.4) is 0 Å². The minimum absolute atomic E-state index is 0.0973. The van der Waals surface area contributed by atoms with E-state index in [0.29, 0.717) is 32.0 Å². The third-order valence-electron chi connectivity index (χ3n) is 5.37. The fourth-order valence-corrected chi connectivity index (χ4v) is 4.49. The maximum atomic E-state index is 12.2. The monoisotopic (exact) mass is 409 g/mol. The molecule has 2 fully saturated rings. The van der Waals surface area contributed by atoms with Gasteiger partial charge in [-0.1, -0.05) is 0 Å². The maximum absolute atomic E-state index is 12.2. The Balaban J connectivity index is 1.29. The number of carbonyl (C=O) groups is 1. The molecular formula is C20H19N5O3S. The van der Waals surface area contributed by atoms with Gasteiger partial charge >= 0.3 is 6.09 Å². The molecule has 1 aliphatic carbocycles. The molecule has 5 rings (SSSR count). The summed E-state index contributed by atoms with van der Waals surface area (Å²) in [4.78, 5) is 25.2. The Morgan fingerprint density at radius 3 is 2.83 bits per heavy atom. The van der Waals surface area contributed by atoms with Crippen molar-refractivity contribution in [3.8, 4) is 6.07 Å². The zero-order valence-electron chi connectivity index (χ0n) is 15.7. The zero-order chi connectivity index (χ0) is 19.8. The molecular weight excluding hydrogens is 390 g/mol. The number of amides is 1. The molecule has 0 spiro atoms. The fraction of sp³-hybridized carbons (Fsp3) is 0.400. The van der Waals surface area contributed by atoms with Crippen molar-refractivity contribution in [2.45, 2.75) is 12.5 Å². The van der Waals surface area contributed by atoms with Crippen LogP contribution in [0.4, 0.5) is 10.5 Å². The summed E-state index contributed by atoms with van der Waals surface area (Å²) in [7, 11) is 0. The summed E-state index contributed by atoms with van der Waals surface area (Å²) in [5.41, 5.74) is 4.81. The SMILES string of the molecule is N#Cc1csc(C2=Cc3c(N4CCN(C(=O)OC5COC5)CC4)ccnc3C2)n1. The zero-order valence-corrected chi connectivity index (χ0v) is 16.5.